The fourth-order valence-corrected chi connectivity index (χ4v) is 2.52. The molecule has 2 N–H and O–H groups in total. The maximum atomic E-state index is 11.7. The first-order chi connectivity index (χ1) is 12.6. The second kappa shape index (κ2) is 10.7. The van der Waals surface area contributed by atoms with E-state index >= 15 is 0 Å². The molecule has 1 amide bonds. The first-order valence-corrected chi connectivity index (χ1v) is 9.63. The number of guanidine groups is 1. The molecule has 0 bridgehead atoms. The number of benzene rings is 1. The first kappa shape index (κ1) is 20.1. The monoisotopic (exact) mass is 360 g/mol. The number of rotatable bonds is 10. The second-order valence-corrected chi connectivity index (χ2v) is 6.72. The zero-order valence-electron chi connectivity index (χ0n) is 16.3. The summed E-state index contributed by atoms with van der Waals surface area (Å²) in [7, 11) is 2.06. The average Bonchev–Trinajstić information content (AvgIpc) is 3.45. The van der Waals surface area contributed by atoms with Gasteiger partial charge in [-0.05, 0) is 43.9 Å². The molecular weight excluding hydrogens is 328 g/mol. The molecule has 0 unspecified atom stereocenters. The fraction of sp³-hybridized carbons (Fsp3) is 0.600. The standard InChI is InChI=1S/C20H32N4O2/c1-4-6-12-24(3)20(21-5-2)22-14-16-8-7-9-18(13-16)26-15-19(25)23-17-10-11-17/h7-9,13,17H,4-6,10-12,14-15H2,1-3H3,(H,21,22)(H,23,25). The van der Waals surface area contributed by atoms with E-state index in [0.717, 1.165) is 50.3 Å². The molecule has 1 saturated carbocycles. The summed E-state index contributed by atoms with van der Waals surface area (Å²) in [6.45, 7) is 6.73. The van der Waals surface area contributed by atoms with E-state index in [9.17, 15) is 4.79 Å². The molecule has 0 spiro atoms. The molecule has 1 aromatic rings. The van der Waals surface area contributed by atoms with Crippen LogP contribution in [0.2, 0.25) is 0 Å². The largest absolute Gasteiger partial charge is 0.484 e. The first-order valence-electron chi connectivity index (χ1n) is 9.63. The van der Waals surface area contributed by atoms with Gasteiger partial charge in [0.05, 0.1) is 6.54 Å². The highest BCUT2D eigenvalue weighted by molar-refractivity contribution is 5.79. The second-order valence-electron chi connectivity index (χ2n) is 6.72. The molecule has 0 saturated heterocycles. The molecule has 0 heterocycles. The van der Waals surface area contributed by atoms with Crippen LogP contribution >= 0.6 is 0 Å². The van der Waals surface area contributed by atoms with Crippen molar-refractivity contribution in [3.8, 4) is 5.75 Å². The van der Waals surface area contributed by atoms with Gasteiger partial charge in [-0.15, -0.1) is 0 Å². The highest BCUT2D eigenvalue weighted by Crippen LogP contribution is 2.18. The van der Waals surface area contributed by atoms with Gasteiger partial charge in [0, 0.05) is 26.2 Å². The lowest BCUT2D eigenvalue weighted by Crippen LogP contribution is -2.39. The minimum absolute atomic E-state index is 0.0529. The number of carbonyl (C=O) groups is 1. The van der Waals surface area contributed by atoms with Crippen LogP contribution in [-0.4, -0.2) is 49.6 Å². The normalized spacial score (nSPS) is 14.0. The van der Waals surface area contributed by atoms with Gasteiger partial charge in [0.2, 0.25) is 0 Å². The van der Waals surface area contributed by atoms with Gasteiger partial charge in [0.25, 0.3) is 5.91 Å². The zero-order chi connectivity index (χ0) is 18.8. The number of carbonyl (C=O) groups excluding carboxylic acids is 1. The number of unbranched alkanes of at least 4 members (excludes halogenated alkanes) is 1. The molecule has 6 heteroatoms. The highest BCUT2D eigenvalue weighted by Gasteiger charge is 2.23. The van der Waals surface area contributed by atoms with Crippen molar-refractivity contribution in [1.82, 2.24) is 15.5 Å². The lowest BCUT2D eigenvalue weighted by molar-refractivity contribution is -0.123. The van der Waals surface area contributed by atoms with Gasteiger partial charge < -0.3 is 20.3 Å². The molecular formula is C20H32N4O2. The Morgan fingerprint density at radius 3 is 2.85 bits per heavy atom. The van der Waals surface area contributed by atoms with Crippen molar-refractivity contribution < 1.29 is 9.53 Å². The minimum atomic E-state index is -0.0529. The predicted octanol–water partition coefficient (Wildman–Crippen LogP) is 2.54. The van der Waals surface area contributed by atoms with Crippen LogP contribution in [0.5, 0.6) is 5.75 Å². The topological polar surface area (TPSA) is 66.0 Å². The molecule has 26 heavy (non-hydrogen) atoms. The minimum Gasteiger partial charge on any atom is -0.484 e. The van der Waals surface area contributed by atoms with Crippen molar-refractivity contribution in [2.45, 2.75) is 52.1 Å². The van der Waals surface area contributed by atoms with Crippen molar-refractivity contribution in [3.63, 3.8) is 0 Å². The highest BCUT2D eigenvalue weighted by atomic mass is 16.5. The molecule has 6 nitrogen and oxygen atoms in total. The third kappa shape index (κ3) is 7.33. The van der Waals surface area contributed by atoms with Crippen LogP contribution in [-0.2, 0) is 11.3 Å². The Morgan fingerprint density at radius 1 is 1.35 bits per heavy atom. The third-order valence-corrected chi connectivity index (χ3v) is 4.17. The van der Waals surface area contributed by atoms with E-state index in [1.54, 1.807) is 0 Å². The zero-order valence-corrected chi connectivity index (χ0v) is 16.3. The van der Waals surface area contributed by atoms with E-state index in [4.69, 9.17) is 9.73 Å². The number of aliphatic imine (C=N–C) groups is 1. The molecule has 0 atom stereocenters. The Kier molecular flexibility index (Phi) is 8.25. The molecule has 0 aliphatic heterocycles. The van der Waals surface area contributed by atoms with E-state index in [-0.39, 0.29) is 12.5 Å². The van der Waals surface area contributed by atoms with Crippen LogP contribution < -0.4 is 15.4 Å². The third-order valence-electron chi connectivity index (χ3n) is 4.17. The number of hydrogen-bond acceptors (Lipinski definition) is 3. The van der Waals surface area contributed by atoms with Gasteiger partial charge in [-0.25, -0.2) is 4.99 Å². The van der Waals surface area contributed by atoms with Gasteiger partial charge >= 0.3 is 0 Å². The number of amides is 1. The SMILES string of the molecule is CCCCN(C)C(=NCc1cccc(OCC(=O)NC2CC2)c1)NCC. The number of hydrogen-bond donors (Lipinski definition) is 2. The van der Waals surface area contributed by atoms with Crippen LogP contribution in [0.15, 0.2) is 29.3 Å². The van der Waals surface area contributed by atoms with E-state index < -0.39 is 0 Å². The van der Waals surface area contributed by atoms with Crippen LogP contribution in [0.25, 0.3) is 0 Å². The average molecular weight is 361 g/mol. The maximum absolute atomic E-state index is 11.7. The summed E-state index contributed by atoms with van der Waals surface area (Å²) in [5.74, 6) is 1.56. The van der Waals surface area contributed by atoms with Gasteiger partial charge in [0.15, 0.2) is 12.6 Å². The Bertz CT molecular complexity index is 599. The maximum Gasteiger partial charge on any atom is 0.258 e. The van der Waals surface area contributed by atoms with Gasteiger partial charge in [-0.2, -0.15) is 0 Å². The lowest BCUT2D eigenvalue weighted by atomic mass is 10.2. The predicted molar refractivity (Wildman–Crippen MR) is 105 cm³/mol. The summed E-state index contributed by atoms with van der Waals surface area (Å²) >= 11 is 0. The Labute approximate surface area is 157 Å². The number of ether oxygens (including phenoxy) is 1. The Hall–Kier alpha value is -2.24. The summed E-state index contributed by atoms with van der Waals surface area (Å²) in [6, 6.07) is 8.14. The fourth-order valence-electron chi connectivity index (χ4n) is 2.52. The number of nitrogens with zero attached hydrogens (tertiary/aromatic N) is 2. The number of nitrogens with one attached hydrogen (secondary N) is 2. The molecule has 1 fully saturated rings. The van der Waals surface area contributed by atoms with Crippen molar-refractivity contribution in [1.29, 1.82) is 0 Å². The van der Waals surface area contributed by atoms with Crippen molar-refractivity contribution >= 4 is 11.9 Å². The van der Waals surface area contributed by atoms with Crippen molar-refractivity contribution in [3.05, 3.63) is 29.8 Å². The van der Waals surface area contributed by atoms with Crippen LogP contribution in [0.4, 0.5) is 0 Å². The van der Waals surface area contributed by atoms with Crippen molar-refractivity contribution in [2.75, 3.05) is 26.7 Å². The van der Waals surface area contributed by atoms with E-state index in [1.165, 1.54) is 0 Å². The summed E-state index contributed by atoms with van der Waals surface area (Å²) < 4.78 is 5.61. The van der Waals surface area contributed by atoms with E-state index in [0.29, 0.717) is 18.3 Å². The van der Waals surface area contributed by atoms with Crippen molar-refractivity contribution in [2.24, 2.45) is 4.99 Å². The lowest BCUT2D eigenvalue weighted by Gasteiger charge is -2.21. The summed E-state index contributed by atoms with van der Waals surface area (Å²) in [5, 5.41) is 6.25. The van der Waals surface area contributed by atoms with Crippen LogP contribution in [0.1, 0.15) is 45.1 Å². The van der Waals surface area contributed by atoms with Gasteiger partial charge in [-0.3, -0.25) is 4.79 Å². The Morgan fingerprint density at radius 2 is 2.15 bits per heavy atom. The van der Waals surface area contributed by atoms with E-state index in [1.807, 2.05) is 24.3 Å². The van der Waals surface area contributed by atoms with Gasteiger partial charge in [0.1, 0.15) is 5.75 Å². The van der Waals surface area contributed by atoms with Crippen LogP contribution in [0.3, 0.4) is 0 Å². The summed E-state index contributed by atoms with van der Waals surface area (Å²) in [6.07, 6.45) is 4.48. The molecule has 1 aliphatic rings. The Balaban J connectivity index is 1.89. The molecule has 0 aromatic heterocycles. The van der Waals surface area contributed by atoms with Gasteiger partial charge in [-0.1, -0.05) is 25.5 Å². The summed E-state index contributed by atoms with van der Waals surface area (Å²) in [4.78, 5) is 18.6. The smallest absolute Gasteiger partial charge is 0.258 e. The summed E-state index contributed by atoms with van der Waals surface area (Å²) in [5.41, 5.74) is 1.06. The molecule has 144 valence electrons. The molecule has 2 rings (SSSR count). The van der Waals surface area contributed by atoms with E-state index in [2.05, 4.69) is 36.4 Å². The molecule has 1 aromatic carbocycles. The molecule has 0 radical (unpaired) electrons. The van der Waals surface area contributed by atoms with Crippen LogP contribution in [0, 0.1) is 0 Å². The molecule has 1 aliphatic carbocycles. The quantitative estimate of drug-likeness (QED) is 0.497.